The molecule has 2 aromatic carbocycles. The van der Waals surface area contributed by atoms with Gasteiger partial charge in [0.1, 0.15) is 5.75 Å². The first kappa shape index (κ1) is 39.1. The summed E-state index contributed by atoms with van der Waals surface area (Å²) in [4.78, 5) is 16.2. The van der Waals surface area contributed by atoms with E-state index in [-0.39, 0.29) is 6.61 Å². The number of nitrogens with one attached hydrogen (secondary N) is 4. The number of aromatic amines is 4. The zero-order valence-electron chi connectivity index (χ0n) is 35.0. The topological polar surface area (TPSA) is 92.6 Å². The van der Waals surface area contributed by atoms with E-state index in [1.165, 1.54) is 61.1 Å². The minimum atomic E-state index is -0.0356. The Balaban J connectivity index is 1.79. The molecule has 6 nitrogen and oxygen atoms in total. The van der Waals surface area contributed by atoms with E-state index in [1.807, 2.05) is 6.07 Å². The number of rotatable bonds is 12. The summed E-state index contributed by atoms with van der Waals surface area (Å²) in [6.07, 6.45) is 11.9. The van der Waals surface area contributed by atoms with Crippen LogP contribution in [0.4, 0.5) is 0 Å². The largest absolute Gasteiger partial charge is 0.497 e. The van der Waals surface area contributed by atoms with Gasteiger partial charge >= 0.3 is 0 Å². The van der Waals surface area contributed by atoms with E-state index in [0.717, 1.165) is 113 Å². The van der Waals surface area contributed by atoms with Crippen LogP contribution in [0.15, 0.2) is 48.5 Å². The standard InChI is InChI=1S/C50H60N4O2/c1-10-32-36(14-5)47-45(29-22-24-31(56-9)25-23-29)48-37(15-6)33(11-2)42(52-48)27-44-35(13-4)39(17-8)50(54-44)46(40-21-19-18-20-30(40)28-55)49-38(16-7)34(12-3)43(53-49)26-41(32)51-47/h18-27,51-55H,10-17,28H2,1-9H3. The van der Waals surface area contributed by atoms with E-state index >= 15 is 0 Å². The van der Waals surface area contributed by atoms with Crippen LogP contribution >= 0.6 is 0 Å². The first-order valence-electron chi connectivity index (χ1n) is 21.1. The van der Waals surface area contributed by atoms with E-state index in [4.69, 9.17) is 4.74 Å². The highest BCUT2D eigenvalue weighted by molar-refractivity contribution is 5.84. The Labute approximate surface area is 332 Å². The number of aromatic nitrogens is 4. The van der Waals surface area contributed by atoms with E-state index < -0.39 is 0 Å². The highest BCUT2D eigenvalue weighted by Crippen LogP contribution is 2.33. The zero-order chi connectivity index (χ0) is 39.7. The maximum absolute atomic E-state index is 10.8. The molecule has 1 aliphatic rings. The van der Waals surface area contributed by atoms with Crippen LogP contribution in [0.3, 0.4) is 0 Å². The Bertz CT molecular complexity index is 2640. The van der Waals surface area contributed by atoms with Crippen LogP contribution in [0.5, 0.6) is 5.75 Å². The van der Waals surface area contributed by atoms with Crippen molar-refractivity contribution in [2.24, 2.45) is 0 Å². The van der Waals surface area contributed by atoms with Crippen molar-refractivity contribution < 1.29 is 9.84 Å². The predicted octanol–water partition coefficient (Wildman–Crippen LogP) is 7.46. The van der Waals surface area contributed by atoms with E-state index in [2.05, 4.69) is 130 Å². The monoisotopic (exact) mass is 748 g/mol. The molecule has 5 N–H and O–H groups in total. The van der Waals surface area contributed by atoms with Crippen molar-refractivity contribution >= 4 is 23.3 Å². The SMILES string of the molecule is CCc1c2[nH]c(c1CC)C(c1ccc(OC)cc1)=c1[nH]c(c(CC)c1CC)=Cc1[nH]c(c(CC)c1CC)C(c1ccccc1CO)=c1[nH]c(c(CC)c1CC)=C2. The number of fused-ring (bicyclic) bond motifs is 8. The van der Waals surface area contributed by atoms with Gasteiger partial charge in [0.15, 0.2) is 0 Å². The average molecular weight is 749 g/mol. The molecule has 0 spiro atoms. The summed E-state index contributed by atoms with van der Waals surface area (Å²) < 4.78 is 5.64. The van der Waals surface area contributed by atoms with Gasteiger partial charge in [0.25, 0.3) is 0 Å². The van der Waals surface area contributed by atoms with Gasteiger partial charge in [0, 0.05) is 33.2 Å². The molecule has 0 radical (unpaired) electrons. The van der Waals surface area contributed by atoms with Crippen LogP contribution < -0.4 is 26.1 Å². The number of ether oxygens (including phenoxy) is 1. The van der Waals surface area contributed by atoms with E-state index in [0.29, 0.717) is 0 Å². The lowest BCUT2D eigenvalue weighted by Gasteiger charge is -2.14. The molecule has 0 amide bonds. The highest BCUT2D eigenvalue weighted by Gasteiger charge is 2.25. The van der Waals surface area contributed by atoms with Crippen LogP contribution in [0, 0.1) is 0 Å². The molecule has 292 valence electrons. The molecular weight excluding hydrogens is 689 g/mol. The van der Waals surface area contributed by atoms with E-state index in [9.17, 15) is 5.11 Å². The third-order valence-corrected chi connectivity index (χ3v) is 12.2. The number of H-pyrrole nitrogens is 4. The Kier molecular flexibility index (Phi) is 11.5. The normalized spacial score (nSPS) is 12.6. The first-order chi connectivity index (χ1) is 27.3. The van der Waals surface area contributed by atoms with Crippen LogP contribution in [0.25, 0.3) is 23.3 Å². The van der Waals surface area contributed by atoms with Crippen LogP contribution in [0.1, 0.15) is 139 Å². The average Bonchev–Trinajstić information content (AvgIpc) is 3.97. The molecule has 5 heterocycles. The molecule has 0 saturated heterocycles. The molecule has 8 bridgehead atoms. The van der Waals surface area contributed by atoms with Crippen molar-refractivity contribution in [2.45, 2.75) is 113 Å². The van der Waals surface area contributed by atoms with Crippen LogP contribution in [-0.4, -0.2) is 32.2 Å². The fourth-order valence-electron chi connectivity index (χ4n) is 9.67. The summed E-state index contributed by atoms with van der Waals surface area (Å²) in [6, 6.07) is 16.9. The summed E-state index contributed by atoms with van der Waals surface area (Å²) >= 11 is 0. The molecule has 56 heavy (non-hydrogen) atoms. The molecule has 6 aromatic rings. The van der Waals surface area contributed by atoms with Crippen molar-refractivity contribution in [3.8, 4) is 5.75 Å². The van der Waals surface area contributed by atoms with Crippen molar-refractivity contribution in [3.63, 3.8) is 0 Å². The first-order valence-corrected chi connectivity index (χ1v) is 21.1. The van der Waals surface area contributed by atoms with Crippen molar-refractivity contribution in [3.05, 3.63) is 154 Å². The van der Waals surface area contributed by atoms with Gasteiger partial charge in [-0.3, -0.25) is 0 Å². The maximum atomic E-state index is 10.8. The maximum Gasteiger partial charge on any atom is 0.118 e. The molecule has 7 rings (SSSR count). The lowest BCUT2D eigenvalue weighted by Crippen LogP contribution is -2.19. The zero-order valence-corrected chi connectivity index (χ0v) is 35.0. The quantitative estimate of drug-likeness (QED) is 0.0898. The molecule has 0 aliphatic carbocycles. The van der Waals surface area contributed by atoms with Crippen molar-refractivity contribution in [1.82, 2.24) is 19.9 Å². The summed E-state index contributed by atoms with van der Waals surface area (Å²) in [6.45, 7) is 18.2. The number of aliphatic hydroxyl groups excluding tert-OH is 1. The second-order valence-corrected chi connectivity index (χ2v) is 14.9. The number of benzene rings is 2. The van der Waals surface area contributed by atoms with Gasteiger partial charge in [-0.2, -0.15) is 0 Å². The third-order valence-electron chi connectivity index (χ3n) is 12.2. The third kappa shape index (κ3) is 6.42. The highest BCUT2D eigenvalue weighted by atomic mass is 16.5. The Hall–Kier alpha value is -5.20. The molecule has 4 aromatic heterocycles. The van der Waals surface area contributed by atoms with Crippen molar-refractivity contribution in [1.29, 1.82) is 0 Å². The van der Waals surface area contributed by atoms with Gasteiger partial charge in [0.05, 0.1) is 35.8 Å². The molecule has 0 fully saturated rings. The van der Waals surface area contributed by atoms with Crippen molar-refractivity contribution in [2.75, 3.05) is 7.11 Å². The predicted molar refractivity (Wildman–Crippen MR) is 232 cm³/mol. The lowest BCUT2D eigenvalue weighted by molar-refractivity contribution is 0.281. The molecule has 1 aliphatic heterocycles. The number of hydrogen-bond donors (Lipinski definition) is 5. The minimum Gasteiger partial charge on any atom is -0.497 e. The van der Waals surface area contributed by atoms with Gasteiger partial charge in [-0.05, 0) is 137 Å². The fraction of sp³-hybridized carbons (Fsp3) is 0.360. The molecule has 0 atom stereocenters. The summed E-state index contributed by atoms with van der Waals surface area (Å²) in [7, 11) is 1.73. The van der Waals surface area contributed by atoms with Gasteiger partial charge in [-0.1, -0.05) is 91.8 Å². The van der Waals surface area contributed by atoms with Gasteiger partial charge in [0.2, 0.25) is 0 Å². The van der Waals surface area contributed by atoms with Gasteiger partial charge in [-0.15, -0.1) is 0 Å². The Morgan fingerprint density at radius 3 is 1.38 bits per heavy atom. The second kappa shape index (κ2) is 16.5. The van der Waals surface area contributed by atoms with Gasteiger partial charge in [-0.25, -0.2) is 0 Å². The smallest absolute Gasteiger partial charge is 0.118 e. The summed E-state index contributed by atoms with van der Waals surface area (Å²) in [5.41, 5.74) is 20.8. The second-order valence-electron chi connectivity index (χ2n) is 14.9. The molecular formula is C50H60N4O2. The number of aliphatic hydroxyl groups is 1. The lowest BCUT2D eigenvalue weighted by atomic mass is 9.91. The Morgan fingerprint density at radius 1 is 0.482 bits per heavy atom. The minimum absolute atomic E-state index is 0.0356. The number of methoxy groups -OCH3 is 1. The molecule has 0 saturated carbocycles. The fourth-order valence-corrected chi connectivity index (χ4v) is 9.67. The summed E-state index contributed by atoms with van der Waals surface area (Å²) in [5, 5.41) is 15.4. The Morgan fingerprint density at radius 2 is 0.929 bits per heavy atom. The number of hydrogen-bond acceptors (Lipinski definition) is 2. The molecule has 6 heteroatoms. The molecule has 0 unspecified atom stereocenters. The van der Waals surface area contributed by atoms with E-state index in [1.54, 1.807) is 7.11 Å². The van der Waals surface area contributed by atoms with Crippen LogP contribution in [0.2, 0.25) is 0 Å². The van der Waals surface area contributed by atoms with Crippen LogP contribution in [-0.2, 0) is 58.0 Å². The summed E-state index contributed by atoms with van der Waals surface area (Å²) in [5.74, 6) is 0.846. The van der Waals surface area contributed by atoms with Gasteiger partial charge < -0.3 is 29.8 Å².